The lowest BCUT2D eigenvalue weighted by atomic mass is 10.1. The second-order valence-electron chi connectivity index (χ2n) is 4.10. The van der Waals surface area contributed by atoms with Crippen LogP contribution in [0.1, 0.15) is 12.0 Å². The topological polar surface area (TPSA) is 122 Å². The van der Waals surface area contributed by atoms with Crippen LogP contribution in [-0.4, -0.2) is 28.1 Å². The predicted octanol–water partition coefficient (Wildman–Crippen LogP) is 1.50. The number of hydrogen-bond acceptors (Lipinski definition) is 4. The van der Waals surface area contributed by atoms with Crippen molar-refractivity contribution in [3.05, 3.63) is 33.9 Å². The van der Waals surface area contributed by atoms with Gasteiger partial charge in [0, 0.05) is 12.5 Å². The van der Waals surface area contributed by atoms with Gasteiger partial charge in [-0.25, -0.2) is 9.59 Å². The lowest BCUT2D eigenvalue weighted by Gasteiger charge is -2.13. The van der Waals surface area contributed by atoms with Gasteiger partial charge in [-0.05, 0) is 13.0 Å². The molecule has 0 fully saturated rings. The Bertz CT molecular complexity index is 621. The van der Waals surface area contributed by atoms with Crippen LogP contribution in [0, 0.1) is 29.4 Å². The van der Waals surface area contributed by atoms with E-state index in [4.69, 9.17) is 11.5 Å². The highest BCUT2D eigenvalue weighted by atomic mass is 16.6. The molecular weight excluding hydrogens is 278 g/mol. The summed E-state index contributed by atoms with van der Waals surface area (Å²) in [6.45, 7) is 1.48. The number of nitro benzene ring substituents is 1. The summed E-state index contributed by atoms with van der Waals surface area (Å²) >= 11 is 0. The Morgan fingerprint density at radius 3 is 2.71 bits per heavy atom. The minimum absolute atomic E-state index is 0.147. The van der Waals surface area contributed by atoms with Crippen molar-refractivity contribution in [2.24, 2.45) is 0 Å². The first-order valence-corrected chi connectivity index (χ1v) is 5.84. The van der Waals surface area contributed by atoms with Gasteiger partial charge >= 0.3 is 12.0 Å². The lowest BCUT2D eigenvalue weighted by Crippen LogP contribution is -2.42. The summed E-state index contributed by atoms with van der Waals surface area (Å²) in [5.74, 6) is 0.876. The summed E-state index contributed by atoms with van der Waals surface area (Å²) in [6, 6.07) is 2.15. The minimum atomic E-state index is -1.26. The van der Waals surface area contributed by atoms with E-state index >= 15 is 0 Å². The number of rotatable bonds is 5. The molecule has 8 heteroatoms. The first-order valence-electron chi connectivity index (χ1n) is 5.84. The molecule has 0 aliphatic rings. The summed E-state index contributed by atoms with van der Waals surface area (Å²) in [7, 11) is 0. The van der Waals surface area contributed by atoms with Crippen LogP contribution in [0.2, 0.25) is 0 Å². The standard InChI is InChI=1S/C13H13N3O5/c1-3-5-10(12(17)18)15-13(19)14-9-6-4-7-11(8(9)2)16(20)21/h1,4,6-7,10H,5H2,2H3,(H,17,18)(H2,14,15,19). The number of aliphatic carboxylic acids is 1. The zero-order chi connectivity index (χ0) is 16.0. The van der Waals surface area contributed by atoms with Gasteiger partial charge in [-0.3, -0.25) is 10.1 Å². The van der Waals surface area contributed by atoms with Crippen LogP contribution in [0.4, 0.5) is 16.2 Å². The molecule has 8 nitrogen and oxygen atoms in total. The average Bonchev–Trinajstić information content (AvgIpc) is 2.40. The molecule has 0 aliphatic carbocycles. The maximum atomic E-state index is 11.7. The fourth-order valence-electron chi connectivity index (χ4n) is 1.59. The number of terminal acetylenes is 1. The van der Waals surface area contributed by atoms with Gasteiger partial charge in [-0.2, -0.15) is 0 Å². The summed E-state index contributed by atoms with van der Waals surface area (Å²) in [4.78, 5) is 32.8. The Morgan fingerprint density at radius 2 is 2.19 bits per heavy atom. The van der Waals surface area contributed by atoms with E-state index in [9.17, 15) is 19.7 Å². The number of nitro groups is 1. The number of anilines is 1. The number of carbonyl (C=O) groups is 2. The number of nitrogens with zero attached hydrogens (tertiary/aromatic N) is 1. The summed E-state index contributed by atoms with van der Waals surface area (Å²) in [6.07, 6.45) is 4.84. The Morgan fingerprint density at radius 1 is 1.52 bits per heavy atom. The largest absolute Gasteiger partial charge is 0.480 e. The monoisotopic (exact) mass is 291 g/mol. The van der Waals surface area contributed by atoms with Gasteiger partial charge in [-0.1, -0.05) is 6.07 Å². The number of benzene rings is 1. The molecule has 0 bridgehead atoms. The number of carboxylic acid groups (broad SMARTS) is 1. The van der Waals surface area contributed by atoms with E-state index in [0.29, 0.717) is 0 Å². The van der Waals surface area contributed by atoms with Gasteiger partial charge < -0.3 is 15.7 Å². The van der Waals surface area contributed by atoms with Crippen LogP contribution >= 0.6 is 0 Å². The third-order valence-electron chi connectivity index (χ3n) is 2.68. The molecule has 110 valence electrons. The third kappa shape index (κ3) is 4.21. The number of hydrogen-bond donors (Lipinski definition) is 3. The quantitative estimate of drug-likeness (QED) is 0.431. The van der Waals surface area contributed by atoms with Crippen LogP contribution < -0.4 is 10.6 Å². The SMILES string of the molecule is C#CCC(NC(=O)Nc1cccc([N+](=O)[O-])c1C)C(=O)O. The highest BCUT2D eigenvalue weighted by molar-refractivity contribution is 5.93. The van der Waals surface area contributed by atoms with E-state index in [-0.39, 0.29) is 23.4 Å². The van der Waals surface area contributed by atoms with Gasteiger partial charge in [0.2, 0.25) is 0 Å². The molecule has 0 heterocycles. The summed E-state index contributed by atoms with van der Waals surface area (Å²) in [5.41, 5.74) is 0.333. The molecule has 0 spiro atoms. The predicted molar refractivity (Wildman–Crippen MR) is 74.9 cm³/mol. The van der Waals surface area contributed by atoms with Crippen molar-refractivity contribution < 1.29 is 19.6 Å². The van der Waals surface area contributed by atoms with Gasteiger partial charge in [0.1, 0.15) is 6.04 Å². The highest BCUT2D eigenvalue weighted by Gasteiger charge is 2.20. The van der Waals surface area contributed by atoms with Gasteiger partial charge in [0.25, 0.3) is 5.69 Å². The van der Waals surface area contributed by atoms with E-state index in [0.717, 1.165) is 0 Å². The second-order valence-corrected chi connectivity index (χ2v) is 4.10. The van der Waals surface area contributed by atoms with Crippen LogP contribution in [0.15, 0.2) is 18.2 Å². The molecule has 1 unspecified atom stereocenters. The highest BCUT2D eigenvalue weighted by Crippen LogP contribution is 2.24. The molecule has 0 saturated heterocycles. The molecule has 1 rings (SSSR count). The zero-order valence-corrected chi connectivity index (χ0v) is 11.1. The van der Waals surface area contributed by atoms with Crippen LogP contribution in [-0.2, 0) is 4.79 Å². The number of urea groups is 1. The van der Waals surface area contributed by atoms with Crippen molar-refractivity contribution in [1.29, 1.82) is 0 Å². The molecule has 1 atom stereocenters. The maximum absolute atomic E-state index is 11.7. The van der Waals surface area contributed by atoms with Crippen LogP contribution in [0.25, 0.3) is 0 Å². The molecule has 0 aromatic heterocycles. The van der Waals surface area contributed by atoms with E-state index in [1.165, 1.54) is 25.1 Å². The summed E-state index contributed by atoms with van der Waals surface area (Å²) in [5, 5.41) is 24.2. The van der Waals surface area contributed by atoms with E-state index in [2.05, 4.69) is 16.6 Å². The van der Waals surface area contributed by atoms with Crippen molar-refractivity contribution in [3.63, 3.8) is 0 Å². The average molecular weight is 291 g/mol. The number of nitrogens with one attached hydrogen (secondary N) is 2. The van der Waals surface area contributed by atoms with Crippen molar-refractivity contribution >= 4 is 23.4 Å². The Hall–Kier alpha value is -3.08. The van der Waals surface area contributed by atoms with Gasteiger partial charge in [0.15, 0.2) is 0 Å². The van der Waals surface area contributed by atoms with Gasteiger partial charge in [-0.15, -0.1) is 12.3 Å². The van der Waals surface area contributed by atoms with Crippen LogP contribution in [0.3, 0.4) is 0 Å². The smallest absolute Gasteiger partial charge is 0.327 e. The molecule has 0 saturated carbocycles. The normalized spacial score (nSPS) is 11.0. The molecular formula is C13H13N3O5. The molecule has 2 amide bonds. The molecule has 3 N–H and O–H groups in total. The van der Waals surface area contributed by atoms with E-state index in [1.807, 2.05) is 0 Å². The maximum Gasteiger partial charge on any atom is 0.327 e. The summed E-state index contributed by atoms with van der Waals surface area (Å²) < 4.78 is 0. The molecule has 0 aliphatic heterocycles. The number of carbonyl (C=O) groups excluding carboxylic acids is 1. The van der Waals surface area contributed by atoms with Crippen molar-refractivity contribution in [2.45, 2.75) is 19.4 Å². The third-order valence-corrected chi connectivity index (χ3v) is 2.68. The lowest BCUT2D eigenvalue weighted by molar-refractivity contribution is -0.385. The second kappa shape index (κ2) is 6.91. The van der Waals surface area contributed by atoms with Crippen LogP contribution in [0.5, 0.6) is 0 Å². The van der Waals surface area contributed by atoms with Crippen molar-refractivity contribution in [1.82, 2.24) is 5.32 Å². The van der Waals surface area contributed by atoms with E-state index in [1.54, 1.807) is 0 Å². The van der Waals surface area contributed by atoms with Gasteiger partial charge in [0.05, 0.1) is 16.2 Å². The number of carboxylic acids is 1. The zero-order valence-electron chi connectivity index (χ0n) is 11.1. The van der Waals surface area contributed by atoms with Crippen molar-refractivity contribution in [2.75, 3.05) is 5.32 Å². The number of amides is 2. The first kappa shape index (κ1) is 16.0. The minimum Gasteiger partial charge on any atom is -0.480 e. The fraction of sp³-hybridized carbons (Fsp3) is 0.231. The van der Waals surface area contributed by atoms with Crippen molar-refractivity contribution in [3.8, 4) is 12.3 Å². The van der Waals surface area contributed by atoms with E-state index < -0.39 is 23.0 Å². The molecule has 1 aromatic carbocycles. The molecule has 0 radical (unpaired) electrons. The Labute approximate surface area is 120 Å². The first-order chi connectivity index (χ1) is 9.86. The Balaban J connectivity index is 2.85. The Kier molecular flexibility index (Phi) is 5.25. The fourth-order valence-corrected chi connectivity index (χ4v) is 1.59. The molecule has 21 heavy (non-hydrogen) atoms. The molecule has 1 aromatic rings.